The Kier molecular flexibility index (Phi) is 6.56. The van der Waals surface area contributed by atoms with Gasteiger partial charge in [-0.2, -0.15) is 4.31 Å². The number of hydrogen-bond acceptors (Lipinski definition) is 5. The van der Waals surface area contributed by atoms with Gasteiger partial charge in [0.25, 0.3) is 0 Å². The van der Waals surface area contributed by atoms with Crippen molar-refractivity contribution in [1.29, 1.82) is 0 Å². The summed E-state index contributed by atoms with van der Waals surface area (Å²) in [4.78, 5) is 27.7. The molecule has 0 saturated carbocycles. The molecule has 0 aliphatic carbocycles. The number of rotatable bonds is 8. The summed E-state index contributed by atoms with van der Waals surface area (Å²) in [6.07, 6.45) is 0.420. The molecule has 0 fully saturated rings. The highest BCUT2D eigenvalue weighted by Crippen LogP contribution is 2.23. The molecule has 0 aliphatic rings. The van der Waals surface area contributed by atoms with E-state index in [-0.39, 0.29) is 18.7 Å². The van der Waals surface area contributed by atoms with E-state index in [1.165, 1.54) is 6.92 Å². The minimum Gasteiger partial charge on any atom is -0.451 e. The number of esters is 1. The molecule has 1 aromatic heterocycles. The molecule has 0 unspecified atom stereocenters. The molecule has 9 heteroatoms. The third-order valence-electron chi connectivity index (χ3n) is 5.00. The lowest BCUT2D eigenvalue weighted by atomic mass is 10.1. The number of sulfonamides is 1. The van der Waals surface area contributed by atoms with Gasteiger partial charge in [-0.05, 0) is 31.2 Å². The van der Waals surface area contributed by atoms with Gasteiger partial charge in [0.15, 0.2) is 6.10 Å². The number of fused-ring (bicyclic) bond motifs is 1. The maximum atomic E-state index is 14.3. The molecule has 2 aromatic carbocycles. The number of nitrogens with one attached hydrogen (secondary N) is 1. The van der Waals surface area contributed by atoms with Crippen molar-refractivity contribution in [2.75, 3.05) is 13.1 Å². The van der Waals surface area contributed by atoms with Crippen LogP contribution in [0, 0.1) is 5.82 Å². The van der Waals surface area contributed by atoms with E-state index in [2.05, 4.69) is 4.98 Å². The summed E-state index contributed by atoms with van der Waals surface area (Å²) in [5.74, 6) is -2.30. The van der Waals surface area contributed by atoms with Crippen molar-refractivity contribution in [2.45, 2.75) is 31.8 Å². The van der Waals surface area contributed by atoms with Gasteiger partial charge in [0, 0.05) is 35.8 Å². The van der Waals surface area contributed by atoms with Crippen molar-refractivity contribution >= 4 is 32.7 Å². The summed E-state index contributed by atoms with van der Waals surface area (Å²) in [7, 11) is -4.11. The van der Waals surface area contributed by atoms with Gasteiger partial charge in [-0.1, -0.05) is 32.0 Å². The first-order chi connectivity index (χ1) is 14.7. The zero-order valence-electron chi connectivity index (χ0n) is 17.4. The maximum Gasteiger partial charge on any atom is 0.338 e. The zero-order valence-corrected chi connectivity index (χ0v) is 18.2. The molecule has 0 aliphatic heterocycles. The number of carbonyl (C=O) groups is 2. The first kappa shape index (κ1) is 22.6. The minimum atomic E-state index is -4.11. The van der Waals surface area contributed by atoms with Crippen LogP contribution in [0.1, 0.15) is 41.5 Å². The van der Waals surface area contributed by atoms with Crippen LogP contribution in [0.15, 0.2) is 53.6 Å². The molecule has 0 spiro atoms. The summed E-state index contributed by atoms with van der Waals surface area (Å²) >= 11 is 0. The Morgan fingerprint density at radius 1 is 1.13 bits per heavy atom. The topological polar surface area (TPSA) is 96.5 Å². The first-order valence-electron chi connectivity index (χ1n) is 9.81. The fourth-order valence-corrected chi connectivity index (χ4v) is 4.86. The summed E-state index contributed by atoms with van der Waals surface area (Å²) in [6, 6.07) is 10.2. The van der Waals surface area contributed by atoms with E-state index in [0.29, 0.717) is 10.9 Å². The predicted octanol–water partition coefficient (Wildman–Crippen LogP) is 3.77. The van der Waals surface area contributed by atoms with E-state index in [1.54, 1.807) is 32.2 Å². The second-order valence-corrected chi connectivity index (χ2v) is 8.80. The van der Waals surface area contributed by atoms with Gasteiger partial charge in [-0.3, -0.25) is 4.79 Å². The molecule has 31 heavy (non-hydrogen) atoms. The summed E-state index contributed by atoms with van der Waals surface area (Å²) in [6.45, 7) is 5.01. The van der Waals surface area contributed by atoms with E-state index in [4.69, 9.17) is 4.74 Å². The molecule has 0 amide bonds. The highest BCUT2D eigenvalue weighted by atomic mass is 32.2. The number of carbonyl (C=O) groups excluding carboxylic acids is 2. The van der Waals surface area contributed by atoms with Crippen LogP contribution in [0.2, 0.25) is 0 Å². The van der Waals surface area contributed by atoms with Crippen LogP contribution in [-0.2, 0) is 14.8 Å². The van der Waals surface area contributed by atoms with Crippen LogP contribution in [-0.4, -0.2) is 48.7 Å². The molecule has 164 valence electrons. The van der Waals surface area contributed by atoms with Gasteiger partial charge in [0.2, 0.25) is 15.8 Å². The third kappa shape index (κ3) is 4.38. The number of hydrogen-bond donors (Lipinski definition) is 1. The second kappa shape index (κ2) is 8.99. The highest BCUT2D eigenvalue weighted by molar-refractivity contribution is 7.89. The van der Waals surface area contributed by atoms with Gasteiger partial charge in [-0.15, -0.1) is 0 Å². The van der Waals surface area contributed by atoms with Crippen LogP contribution in [0.3, 0.4) is 0 Å². The highest BCUT2D eigenvalue weighted by Gasteiger charge is 2.28. The number of halogens is 1. The smallest absolute Gasteiger partial charge is 0.338 e. The van der Waals surface area contributed by atoms with E-state index < -0.39 is 38.6 Å². The standard InChI is InChI=1S/C22H23FN2O5S/c1-4-25(5-2)31(28,29)20-12-15(10-11-18(20)23)22(27)30-14(3)21(26)17-13-24-19-9-7-6-8-16(17)19/h6-14,24H,4-5H2,1-3H3/t14-/m0/s1. The molecule has 3 rings (SSSR count). The molecular formula is C22H23FN2O5S. The largest absolute Gasteiger partial charge is 0.451 e. The maximum absolute atomic E-state index is 14.3. The minimum absolute atomic E-state index is 0.156. The van der Waals surface area contributed by atoms with Gasteiger partial charge < -0.3 is 9.72 Å². The Bertz CT molecular complexity index is 1230. The summed E-state index contributed by atoms with van der Waals surface area (Å²) < 4.78 is 46.0. The van der Waals surface area contributed by atoms with Crippen molar-refractivity contribution in [3.8, 4) is 0 Å². The van der Waals surface area contributed by atoms with Crippen LogP contribution in [0.25, 0.3) is 10.9 Å². The Hall–Kier alpha value is -3.04. The van der Waals surface area contributed by atoms with Gasteiger partial charge in [0.05, 0.1) is 5.56 Å². The van der Waals surface area contributed by atoms with Crippen molar-refractivity contribution in [3.63, 3.8) is 0 Å². The van der Waals surface area contributed by atoms with E-state index in [0.717, 1.165) is 28.0 Å². The molecule has 0 radical (unpaired) electrons. The lowest BCUT2D eigenvalue weighted by Crippen LogP contribution is -2.31. The normalized spacial score (nSPS) is 12.8. The van der Waals surface area contributed by atoms with Crippen molar-refractivity contribution in [3.05, 3.63) is 65.6 Å². The number of para-hydroxylation sites is 1. The molecule has 1 heterocycles. The molecule has 0 saturated heterocycles. The van der Waals surface area contributed by atoms with Crippen LogP contribution >= 0.6 is 0 Å². The number of nitrogens with zero attached hydrogens (tertiary/aromatic N) is 1. The average Bonchev–Trinajstić information content (AvgIpc) is 3.18. The quantitative estimate of drug-likeness (QED) is 0.420. The molecular weight excluding hydrogens is 423 g/mol. The summed E-state index contributed by atoms with van der Waals surface area (Å²) in [5, 5.41) is 0.699. The van der Waals surface area contributed by atoms with E-state index >= 15 is 0 Å². The van der Waals surface area contributed by atoms with Crippen LogP contribution < -0.4 is 0 Å². The Morgan fingerprint density at radius 2 is 1.81 bits per heavy atom. The lowest BCUT2D eigenvalue weighted by molar-refractivity contribution is 0.0319. The molecule has 1 atom stereocenters. The number of benzene rings is 2. The van der Waals surface area contributed by atoms with Crippen molar-refractivity contribution < 1.29 is 27.1 Å². The average molecular weight is 447 g/mol. The van der Waals surface area contributed by atoms with Gasteiger partial charge in [-0.25, -0.2) is 17.6 Å². The monoisotopic (exact) mass is 446 g/mol. The molecule has 0 bridgehead atoms. The van der Waals surface area contributed by atoms with Crippen LogP contribution in [0.4, 0.5) is 4.39 Å². The predicted molar refractivity (Wildman–Crippen MR) is 114 cm³/mol. The number of H-pyrrole nitrogens is 1. The summed E-state index contributed by atoms with van der Waals surface area (Å²) in [5.41, 5.74) is 0.986. The molecule has 3 aromatic rings. The Labute approximate surface area is 179 Å². The fourth-order valence-electron chi connectivity index (χ4n) is 3.31. The van der Waals surface area contributed by atoms with Crippen molar-refractivity contribution in [2.24, 2.45) is 0 Å². The van der Waals surface area contributed by atoms with Gasteiger partial charge in [0.1, 0.15) is 10.7 Å². The Balaban J connectivity index is 1.84. The number of ether oxygens (including phenoxy) is 1. The number of Topliss-reactive ketones (excluding diaryl/α,β-unsaturated/α-hetero) is 1. The first-order valence-corrected chi connectivity index (χ1v) is 11.3. The third-order valence-corrected chi connectivity index (χ3v) is 7.06. The van der Waals surface area contributed by atoms with E-state index in [9.17, 15) is 22.4 Å². The number of ketones is 1. The van der Waals surface area contributed by atoms with Crippen LogP contribution in [0.5, 0.6) is 0 Å². The SMILES string of the molecule is CCN(CC)S(=O)(=O)c1cc(C(=O)O[C@@H](C)C(=O)c2c[nH]c3ccccc23)ccc1F. The number of aromatic nitrogens is 1. The molecule has 7 nitrogen and oxygen atoms in total. The fraction of sp³-hybridized carbons (Fsp3) is 0.273. The second-order valence-electron chi connectivity index (χ2n) is 6.89. The van der Waals surface area contributed by atoms with Crippen molar-refractivity contribution in [1.82, 2.24) is 9.29 Å². The Morgan fingerprint density at radius 3 is 2.48 bits per heavy atom. The van der Waals surface area contributed by atoms with Gasteiger partial charge >= 0.3 is 5.97 Å². The lowest BCUT2D eigenvalue weighted by Gasteiger charge is -2.19. The number of aromatic amines is 1. The zero-order chi connectivity index (χ0) is 22.8. The molecule has 1 N–H and O–H groups in total. The van der Waals surface area contributed by atoms with E-state index in [1.807, 2.05) is 12.1 Å².